The maximum atomic E-state index is 12.8. The minimum Gasteiger partial charge on any atom is -0.464 e. The van der Waals surface area contributed by atoms with Gasteiger partial charge in [-0.3, -0.25) is 14.9 Å². The number of hydrogen-bond acceptors (Lipinski definition) is 7. The van der Waals surface area contributed by atoms with Crippen molar-refractivity contribution in [1.29, 1.82) is 0 Å². The molecule has 0 aliphatic carbocycles. The highest BCUT2D eigenvalue weighted by molar-refractivity contribution is 8.00. The fraction of sp³-hybridized carbons (Fsp3) is 0.286. The molecule has 162 valence electrons. The largest absolute Gasteiger partial charge is 0.464 e. The first kappa shape index (κ1) is 22.3. The van der Waals surface area contributed by atoms with E-state index in [1.54, 1.807) is 19.9 Å². The van der Waals surface area contributed by atoms with Crippen LogP contribution in [0.15, 0.2) is 59.5 Å². The number of amides is 3. The van der Waals surface area contributed by atoms with Gasteiger partial charge in [0.2, 0.25) is 5.91 Å². The van der Waals surface area contributed by atoms with E-state index in [9.17, 15) is 24.5 Å². The van der Waals surface area contributed by atoms with Crippen LogP contribution in [-0.4, -0.2) is 45.6 Å². The van der Waals surface area contributed by atoms with Crippen LogP contribution in [0.1, 0.15) is 25.5 Å². The van der Waals surface area contributed by atoms with E-state index in [1.807, 2.05) is 30.3 Å². The lowest BCUT2D eigenvalue weighted by molar-refractivity contribution is -0.385. The fourth-order valence-corrected chi connectivity index (χ4v) is 4.37. The maximum absolute atomic E-state index is 12.8. The van der Waals surface area contributed by atoms with Crippen LogP contribution in [0.25, 0.3) is 0 Å². The van der Waals surface area contributed by atoms with Crippen LogP contribution < -0.4 is 5.32 Å². The van der Waals surface area contributed by atoms with Gasteiger partial charge in [0.1, 0.15) is 5.25 Å². The highest BCUT2D eigenvalue weighted by Crippen LogP contribution is 2.38. The first-order valence-electron chi connectivity index (χ1n) is 9.59. The molecular weight excluding hydrogens is 422 g/mol. The normalized spacial score (nSPS) is 18.6. The summed E-state index contributed by atoms with van der Waals surface area (Å²) in [4.78, 5) is 49.8. The van der Waals surface area contributed by atoms with E-state index < -0.39 is 34.1 Å². The van der Waals surface area contributed by atoms with Gasteiger partial charge in [0, 0.05) is 17.0 Å². The summed E-state index contributed by atoms with van der Waals surface area (Å²) < 4.78 is 5.06. The molecule has 1 N–H and O–H groups in total. The lowest BCUT2D eigenvalue weighted by Gasteiger charge is -2.43. The number of thioether (sulfide) groups is 1. The number of carbonyl (C=O) groups excluding carboxylic acids is 3. The van der Waals surface area contributed by atoms with Crippen LogP contribution in [-0.2, 0) is 14.3 Å². The minimum absolute atomic E-state index is 0.0909. The fourth-order valence-electron chi connectivity index (χ4n) is 3.16. The van der Waals surface area contributed by atoms with Gasteiger partial charge in [0.25, 0.3) is 5.69 Å². The minimum atomic E-state index is -1.13. The molecule has 2 aromatic carbocycles. The molecule has 0 bridgehead atoms. The number of ether oxygens (including phenoxy) is 1. The van der Waals surface area contributed by atoms with Crippen molar-refractivity contribution in [2.45, 2.75) is 36.1 Å². The first-order valence-corrected chi connectivity index (χ1v) is 10.5. The Morgan fingerprint density at radius 2 is 1.94 bits per heavy atom. The number of β-lactam (4-membered cyclic amide) rings is 1. The third-order valence-corrected chi connectivity index (χ3v) is 5.96. The van der Waals surface area contributed by atoms with Crippen molar-refractivity contribution >= 4 is 35.4 Å². The Kier molecular flexibility index (Phi) is 6.91. The van der Waals surface area contributed by atoms with Crippen LogP contribution in [0.2, 0.25) is 0 Å². The number of nitro benzene ring substituents is 1. The average molecular weight is 443 g/mol. The smallest absolute Gasteiger partial charge is 0.331 e. The number of non-ortho nitro benzene ring substituents is 1. The monoisotopic (exact) mass is 443 g/mol. The number of nitrogens with one attached hydrogen (secondary N) is 1. The molecule has 10 heteroatoms. The van der Waals surface area contributed by atoms with E-state index in [-0.39, 0.29) is 18.3 Å². The van der Waals surface area contributed by atoms with Crippen LogP contribution in [0.4, 0.5) is 10.5 Å². The van der Waals surface area contributed by atoms with E-state index in [0.29, 0.717) is 4.90 Å². The Labute approximate surface area is 182 Å². The Morgan fingerprint density at radius 1 is 1.23 bits per heavy atom. The van der Waals surface area contributed by atoms with Crippen molar-refractivity contribution in [1.82, 2.24) is 10.2 Å². The summed E-state index contributed by atoms with van der Waals surface area (Å²) in [5.74, 6) is -1.26. The number of nitrogens with zero attached hydrogens (tertiary/aromatic N) is 2. The molecule has 3 rings (SSSR count). The zero-order valence-corrected chi connectivity index (χ0v) is 17.7. The molecule has 31 heavy (non-hydrogen) atoms. The SMILES string of the molecule is CCOC(=O)[C@@H]1[C@@H](Sc2cccc([N+](=O)[O-])c2)C(=O)N1C(=O)N[C@H](C)c1ccccc1. The molecule has 1 aliphatic heterocycles. The summed E-state index contributed by atoms with van der Waals surface area (Å²) in [5.41, 5.74) is 0.717. The van der Waals surface area contributed by atoms with Crippen molar-refractivity contribution in [2.75, 3.05) is 6.61 Å². The standard InChI is InChI=1S/C21H21N3O6S/c1-3-30-20(26)17-18(31-16-11-7-10-15(12-16)24(28)29)19(25)23(17)21(27)22-13(2)14-8-5-4-6-9-14/h4-13,17-18H,3H2,1-2H3,(H,22,27)/t13-,17+,18-/m1/s1. The van der Waals surface area contributed by atoms with Gasteiger partial charge in [-0.1, -0.05) is 36.4 Å². The zero-order valence-electron chi connectivity index (χ0n) is 16.9. The lowest BCUT2D eigenvalue weighted by atomic mass is 10.0. The second-order valence-electron chi connectivity index (χ2n) is 6.78. The number of carbonyl (C=O) groups is 3. The molecule has 0 radical (unpaired) electrons. The number of rotatable bonds is 7. The van der Waals surface area contributed by atoms with E-state index in [4.69, 9.17) is 4.74 Å². The Morgan fingerprint density at radius 3 is 2.58 bits per heavy atom. The molecule has 1 heterocycles. The third-order valence-electron chi connectivity index (χ3n) is 4.72. The highest BCUT2D eigenvalue weighted by atomic mass is 32.2. The molecule has 3 atom stereocenters. The van der Waals surface area contributed by atoms with Crippen LogP contribution >= 0.6 is 11.8 Å². The predicted molar refractivity (Wildman–Crippen MR) is 113 cm³/mol. The summed E-state index contributed by atoms with van der Waals surface area (Å²) in [6, 6.07) is 12.7. The quantitative estimate of drug-likeness (QED) is 0.302. The third kappa shape index (κ3) is 4.85. The number of likely N-dealkylation sites (tertiary alicyclic amines) is 1. The molecule has 0 spiro atoms. The van der Waals surface area contributed by atoms with Gasteiger partial charge < -0.3 is 10.1 Å². The maximum Gasteiger partial charge on any atom is 0.331 e. The van der Waals surface area contributed by atoms with E-state index in [0.717, 1.165) is 22.2 Å². The second kappa shape index (κ2) is 9.61. The number of nitro groups is 1. The van der Waals surface area contributed by atoms with Crippen LogP contribution in [0.3, 0.4) is 0 Å². The Hall–Kier alpha value is -3.40. The molecule has 3 amide bonds. The van der Waals surface area contributed by atoms with E-state index >= 15 is 0 Å². The van der Waals surface area contributed by atoms with Crippen molar-refractivity contribution in [3.8, 4) is 0 Å². The van der Waals surface area contributed by atoms with Crippen LogP contribution in [0.5, 0.6) is 0 Å². The predicted octanol–water partition coefficient (Wildman–Crippen LogP) is 3.30. The van der Waals surface area contributed by atoms with Crippen molar-refractivity contribution in [3.63, 3.8) is 0 Å². The topological polar surface area (TPSA) is 119 Å². The summed E-state index contributed by atoms with van der Waals surface area (Å²) in [7, 11) is 0. The zero-order chi connectivity index (χ0) is 22.5. The Balaban J connectivity index is 1.77. The summed E-state index contributed by atoms with van der Waals surface area (Å²) in [5, 5.41) is 12.8. The number of imide groups is 1. The van der Waals surface area contributed by atoms with Crippen molar-refractivity contribution in [2.24, 2.45) is 0 Å². The highest BCUT2D eigenvalue weighted by Gasteiger charge is 2.56. The number of esters is 1. The van der Waals surface area contributed by atoms with Gasteiger partial charge in [-0.2, -0.15) is 0 Å². The molecule has 0 unspecified atom stereocenters. The molecule has 1 fully saturated rings. The van der Waals surface area contributed by atoms with Gasteiger partial charge in [0.05, 0.1) is 17.6 Å². The molecule has 1 aliphatic rings. The summed E-state index contributed by atoms with van der Waals surface area (Å²) in [6.45, 7) is 3.49. The number of urea groups is 1. The van der Waals surface area contributed by atoms with Crippen LogP contribution in [0, 0.1) is 10.1 Å². The lowest BCUT2D eigenvalue weighted by Crippen LogP contribution is -2.70. The second-order valence-corrected chi connectivity index (χ2v) is 7.99. The molecule has 9 nitrogen and oxygen atoms in total. The number of benzene rings is 2. The van der Waals surface area contributed by atoms with Gasteiger partial charge in [-0.05, 0) is 25.5 Å². The van der Waals surface area contributed by atoms with E-state index in [2.05, 4.69) is 5.32 Å². The van der Waals surface area contributed by atoms with Gasteiger partial charge in [-0.25, -0.2) is 14.5 Å². The first-order chi connectivity index (χ1) is 14.8. The van der Waals surface area contributed by atoms with Crippen molar-refractivity contribution < 1.29 is 24.0 Å². The number of hydrogen-bond donors (Lipinski definition) is 1. The Bertz CT molecular complexity index is 1000. The molecule has 2 aromatic rings. The van der Waals surface area contributed by atoms with Gasteiger partial charge in [0.15, 0.2) is 6.04 Å². The van der Waals surface area contributed by atoms with Crippen molar-refractivity contribution in [3.05, 3.63) is 70.3 Å². The summed E-state index contributed by atoms with van der Waals surface area (Å²) in [6.07, 6.45) is 0. The molecule has 0 saturated carbocycles. The molecular formula is C21H21N3O6S. The van der Waals surface area contributed by atoms with Gasteiger partial charge in [-0.15, -0.1) is 11.8 Å². The molecule has 1 saturated heterocycles. The molecule has 0 aromatic heterocycles. The van der Waals surface area contributed by atoms with E-state index in [1.165, 1.54) is 18.2 Å². The van der Waals surface area contributed by atoms with Gasteiger partial charge >= 0.3 is 12.0 Å². The average Bonchev–Trinajstić information content (AvgIpc) is 2.76. The summed E-state index contributed by atoms with van der Waals surface area (Å²) >= 11 is 0.992.